The van der Waals surface area contributed by atoms with Crippen LogP contribution in [0, 0.1) is 11.7 Å². The highest BCUT2D eigenvalue weighted by Gasteiger charge is 2.31. The molecule has 0 bridgehead atoms. The fourth-order valence-corrected chi connectivity index (χ4v) is 3.50. The first kappa shape index (κ1) is 17.3. The number of halogens is 1. The van der Waals surface area contributed by atoms with Crippen LogP contribution in [0.25, 0.3) is 0 Å². The van der Waals surface area contributed by atoms with Crippen LogP contribution in [-0.2, 0) is 9.53 Å². The van der Waals surface area contributed by atoms with Gasteiger partial charge in [0.15, 0.2) is 5.78 Å². The first-order chi connectivity index (χ1) is 12.0. The molecule has 0 heterocycles. The topological polar surface area (TPSA) is 69.4 Å². The maximum atomic E-state index is 14.2. The van der Waals surface area contributed by atoms with Crippen LogP contribution in [0.5, 0.6) is 0 Å². The van der Waals surface area contributed by atoms with Crippen LogP contribution in [-0.4, -0.2) is 25.4 Å². The van der Waals surface area contributed by atoms with Crippen molar-refractivity contribution in [3.63, 3.8) is 0 Å². The van der Waals surface area contributed by atoms with Gasteiger partial charge in [0.05, 0.1) is 5.56 Å². The summed E-state index contributed by atoms with van der Waals surface area (Å²) in [5.74, 6) is -1.55. The fourth-order valence-electron chi connectivity index (χ4n) is 3.50. The molecular weight excluding hydrogens is 321 g/mol. The lowest BCUT2D eigenvalue weighted by molar-refractivity contribution is -0.115. The van der Waals surface area contributed by atoms with Crippen LogP contribution in [0.3, 0.4) is 0 Å². The number of carbonyl (C=O) groups excluding carboxylic acids is 2. The van der Waals surface area contributed by atoms with Crippen molar-refractivity contribution >= 4 is 11.7 Å². The van der Waals surface area contributed by atoms with E-state index in [0.717, 1.165) is 17.6 Å². The lowest BCUT2D eigenvalue weighted by atomic mass is 9.72. The van der Waals surface area contributed by atoms with Crippen molar-refractivity contribution in [1.82, 2.24) is 0 Å². The van der Waals surface area contributed by atoms with E-state index >= 15 is 0 Å². The quantitative estimate of drug-likeness (QED) is 0.895. The predicted molar refractivity (Wildman–Crippen MR) is 92.6 cm³/mol. The van der Waals surface area contributed by atoms with E-state index in [2.05, 4.69) is 6.08 Å². The molecule has 2 atom stereocenters. The summed E-state index contributed by atoms with van der Waals surface area (Å²) in [5, 5.41) is 0. The van der Waals surface area contributed by atoms with Crippen LogP contribution < -0.4 is 5.73 Å². The average Bonchev–Trinajstić information content (AvgIpc) is 2.58. The van der Waals surface area contributed by atoms with E-state index in [-0.39, 0.29) is 29.6 Å². The molecular formula is C20H20FNO3. The van der Waals surface area contributed by atoms with Crippen molar-refractivity contribution in [3.8, 4) is 0 Å². The largest absolute Gasteiger partial charge is 0.385 e. The molecule has 0 aromatic heterocycles. The first-order valence-electron chi connectivity index (χ1n) is 8.22. The Morgan fingerprint density at radius 1 is 1.36 bits per heavy atom. The Bertz CT molecular complexity index is 807. The number of rotatable bonds is 5. The molecule has 0 saturated heterocycles. The van der Waals surface area contributed by atoms with E-state index in [1.165, 1.54) is 12.1 Å². The third-order valence-corrected chi connectivity index (χ3v) is 4.74. The van der Waals surface area contributed by atoms with Crippen molar-refractivity contribution in [2.75, 3.05) is 13.7 Å². The molecule has 0 spiro atoms. The van der Waals surface area contributed by atoms with E-state index in [0.29, 0.717) is 12.2 Å². The Hall–Kier alpha value is -2.53. The number of benzene rings is 1. The molecule has 0 fully saturated rings. The van der Waals surface area contributed by atoms with Gasteiger partial charge in [-0.2, -0.15) is 0 Å². The van der Waals surface area contributed by atoms with E-state index in [1.54, 1.807) is 19.3 Å². The minimum absolute atomic E-state index is 0.0225. The van der Waals surface area contributed by atoms with E-state index in [9.17, 15) is 14.0 Å². The number of amides is 1. The van der Waals surface area contributed by atoms with Crippen LogP contribution in [0.15, 0.2) is 53.6 Å². The minimum atomic E-state index is -0.802. The Kier molecular flexibility index (Phi) is 4.95. The molecule has 1 aromatic rings. The van der Waals surface area contributed by atoms with Crippen LogP contribution >= 0.6 is 0 Å². The number of primary amides is 1. The van der Waals surface area contributed by atoms with Gasteiger partial charge < -0.3 is 10.5 Å². The Morgan fingerprint density at radius 2 is 2.16 bits per heavy atom. The highest BCUT2D eigenvalue weighted by atomic mass is 19.1. The summed E-state index contributed by atoms with van der Waals surface area (Å²) in [5.41, 5.74) is 7.69. The SMILES string of the molecule is COCCC1C=CC=C2C1=CC(=O)CC2c1ccc(C(N)=O)c(F)c1. The molecule has 25 heavy (non-hydrogen) atoms. The molecule has 3 rings (SSSR count). The summed E-state index contributed by atoms with van der Waals surface area (Å²) >= 11 is 0. The van der Waals surface area contributed by atoms with Gasteiger partial charge in [-0.1, -0.05) is 24.3 Å². The van der Waals surface area contributed by atoms with Crippen LogP contribution in [0.4, 0.5) is 4.39 Å². The van der Waals surface area contributed by atoms with Crippen molar-refractivity contribution in [1.29, 1.82) is 0 Å². The standard InChI is InChI=1S/C20H20FNO3/c1-25-8-7-12-3-2-4-15-17(12)10-14(23)11-18(15)13-5-6-16(20(22)24)19(21)9-13/h2-6,9-10,12,18H,7-8,11H2,1H3,(H2,22,24). The van der Waals surface area contributed by atoms with Gasteiger partial charge in [0.2, 0.25) is 0 Å². The number of allylic oxidation sites excluding steroid dienone is 6. The maximum Gasteiger partial charge on any atom is 0.251 e. The molecule has 2 aliphatic rings. The van der Waals surface area contributed by atoms with Gasteiger partial charge in [-0.15, -0.1) is 0 Å². The zero-order valence-corrected chi connectivity index (χ0v) is 14.0. The molecule has 130 valence electrons. The van der Waals surface area contributed by atoms with Gasteiger partial charge >= 0.3 is 0 Å². The normalized spacial score (nSPS) is 22.2. The van der Waals surface area contributed by atoms with Crippen molar-refractivity contribution in [2.24, 2.45) is 11.7 Å². The number of fused-ring (bicyclic) bond motifs is 1. The summed E-state index contributed by atoms with van der Waals surface area (Å²) in [6.45, 7) is 0.598. The van der Waals surface area contributed by atoms with Crippen molar-refractivity contribution in [3.05, 3.63) is 70.6 Å². The highest BCUT2D eigenvalue weighted by molar-refractivity contribution is 5.95. The summed E-state index contributed by atoms with van der Waals surface area (Å²) in [6.07, 6.45) is 8.78. The van der Waals surface area contributed by atoms with Crippen molar-refractivity contribution in [2.45, 2.75) is 18.8 Å². The Labute approximate surface area is 145 Å². The van der Waals surface area contributed by atoms with Crippen molar-refractivity contribution < 1.29 is 18.7 Å². The lowest BCUT2D eigenvalue weighted by Crippen LogP contribution is -2.22. The van der Waals surface area contributed by atoms with Gasteiger partial charge in [0.1, 0.15) is 5.82 Å². The van der Waals surface area contributed by atoms with Gasteiger partial charge in [0, 0.05) is 32.0 Å². The zero-order chi connectivity index (χ0) is 18.0. The van der Waals surface area contributed by atoms with Gasteiger partial charge in [-0.25, -0.2) is 4.39 Å². The Balaban J connectivity index is 1.96. The van der Waals surface area contributed by atoms with E-state index in [1.807, 2.05) is 12.2 Å². The molecule has 0 radical (unpaired) electrons. The molecule has 2 N–H and O–H groups in total. The predicted octanol–water partition coefficient (Wildman–Crippen LogP) is 3.06. The molecule has 0 saturated carbocycles. The third kappa shape index (κ3) is 3.46. The molecule has 1 aromatic carbocycles. The average molecular weight is 341 g/mol. The number of carbonyl (C=O) groups is 2. The lowest BCUT2D eigenvalue weighted by Gasteiger charge is -2.32. The molecule has 2 aliphatic carbocycles. The van der Waals surface area contributed by atoms with Crippen LogP contribution in [0.1, 0.15) is 34.7 Å². The Morgan fingerprint density at radius 3 is 2.84 bits per heavy atom. The number of methoxy groups -OCH3 is 1. The number of ether oxygens (including phenoxy) is 1. The first-order valence-corrected chi connectivity index (χ1v) is 8.22. The smallest absolute Gasteiger partial charge is 0.251 e. The van der Waals surface area contributed by atoms with Gasteiger partial charge in [-0.05, 0) is 41.3 Å². The summed E-state index contributed by atoms with van der Waals surface area (Å²) in [4.78, 5) is 23.5. The second kappa shape index (κ2) is 7.15. The molecule has 4 nitrogen and oxygen atoms in total. The molecule has 5 heteroatoms. The van der Waals surface area contributed by atoms with Gasteiger partial charge in [-0.3, -0.25) is 9.59 Å². The summed E-state index contributed by atoms with van der Waals surface area (Å²) < 4.78 is 19.3. The number of hydrogen-bond acceptors (Lipinski definition) is 3. The summed E-state index contributed by atoms with van der Waals surface area (Å²) in [6, 6.07) is 4.37. The second-order valence-electron chi connectivity index (χ2n) is 6.32. The monoisotopic (exact) mass is 341 g/mol. The maximum absolute atomic E-state index is 14.2. The summed E-state index contributed by atoms with van der Waals surface area (Å²) in [7, 11) is 1.65. The van der Waals surface area contributed by atoms with E-state index in [4.69, 9.17) is 10.5 Å². The molecule has 2 unspecified atom stereocenters. The van der Waals surface area contributed by atoms with Gasteiger partial charge in [0.25, 0.3) is 5.91 Å². The number of nitrogens with two attached hydrogens (primary N) is 1. The molecule has 0 aliphatic heterocycles. The van der Waals surface area contributed by atoms with Crippen LogP contribution in [0.2, 0.25) is 0 Å². The third-order valence-electron chi connectivity index (χ3n) is 4.74. The minimum Gasteiger partial charge on any atom is -0.385 e. The highest BCUT2D eigenvalue weighted by Crippen LogP contribution is 2.42. The second-order valence-corrected chi connectivity index (χ2v) is 6.32. The van der Waals surface area contributed by atoms with E-state index < -0.39 is 11.7 Å². The molecule has 1 amide bonds. The fraction of sp³-hybridized carbons (Fsp3) is 0.300. The zero-order valence-electron chi connectivity index (χ0n) is 14.0. The number of ketones is 1. The number of hydrogen-bond donors (Lipinski definition) is 1.